The third-order valence-corrected chi connectivity index (χ3v) is 12.7. The van der Waals surface area contributed by atoms with Gasteiger partial charge in [-0.15, -0.1) is 13.2 Å². The van der Waals surface area contributed by atoms with E-state index in [-0.39, 0.29) is 66.1 Å². The quantitative estimate of drug-likeness (QED) is 0.134. The Labute approximate surface area is 333 Å². The fourth-order valence-electron chi connectivity index (χ4n) is 7.09. The van der Waals surface area contributed by atoms with Crippen molar-refractivity contribution in [2.75, 3.05) is 33.8 Å². The first kappa shape index (κ1) is 41.9. The lowest BCUT2D eigenvalue weighted by atomic mass is 10.1. The molecular formula is C38H45ClF3N7O7S. The molecular weight excluding hydrogens is 791 g/mol. The number of unbranched alkanes of at least 4 members (excludes halogenated alkanes) is 2. The number of nitrogens with zero attached hydrogens (tertiary/aromatic N) is 5. The van der Waals surface area contributed by atoms with E-state index in [4.69, 9.17) is 21.1 Å². The summed E-state index contributed by atoms with van der Waals surface area (Å²) >= 11 is 6.65. The number of hydrogen-bond donors (Lipinski definition) is 2. The Hall–Kier alpha value is -4.68. The fourth-order valence-corrected chi connectivity index (χ4v) is 8.74. The molecule has 4 atom stereocenters. The monoisotopic (exact) mass is 835 g/mol. The Morgan fingerprint density at radius 1 is 1.16 bits per heavy atom. The van der Waals surface area contributed by atoms with Gasteiger partial charge in [0, 0.05) is 62.6 Å². The third-order valence-electron chi connectivity index (χ3n) is 10.5. The van der Waals surface area contributed by atoms with E-state index in [1.165, 1.54) is 19.3 Å². The number of rotatable bonds is 18. The number of carbonyl (C=O) groups excluding carboxylic acids is 3. The number of ether oxygens (including phenoxy) is 2. The van der Waals surface area contributed by atoms with Crippen LogP contribution in [0.3, 0.4) is 0 Å². The molecule has 14 nitrogen and oxygen atoms in total. The minimum Gasteiger partial charge on any atom is -0.495 e. The van der Waals surface area contributed by atoms with Gasteiger partial charge in [0.15, 0.2) is 11.5 Å². The molecule has 2 aromatic heterocycles. The summed E-state index contributed by atoms with van der Waals surface area (Å²) in [6.45, 7) is 7.87. The summed E-state index contributed by atoms with van der Waals surface area (Å²) in [5.41, 5.74) is -2.43. The molecule has 3 aliphatic rings. The molecule has 308 valence electrons. The van der Waals surface area contributed by atoms with E-state index in [1.807, 2.05) is 6.08 Å². The zero-order valence-electron chi connectivity index (χ0n) is 31.6. The van der Waals surface area contributed by atoms with E-state index < -0.39 is 62.6 Å². The SMILES string of the molecule is C=CCCCCN(C)C(=O)C[C@@H]1C[C@H](Oc2cc(-n3ccc(C(F)(F)F)n3)nc3c(Cl)c(OC)ccc23)CN1CC(=O)N[C@]1(C(=O)NS(=O)(=O)C2CC2)C[C@H]1C=C. The summed E-state index contributed by atoms with van der Waals surface area (Å²) in [6.07, 6.45) is 2.93. The largest absolute Gasteiger partial charge is 0.495 e. The number of nitrogens with one attached hydrogen (secondary N) is 2. The molecule has 1 aromatic carbocycles. The van der Waals surface area contributed by atoms with Crippen LogP contribution in [0.4, 0.5) is 13.2 Å². The van der Waals surface area contributed by atoms with Crippen LogP contribution in [0, 0.1) is 5.92 Å². The van der Waals surface area contributed by atoms with Gasteiger partial charge in [-0.05, 0) is 56.7 Å². The predicted octanol–water partition coefficient (Wildman–Crippen LogP) is 4.80. The van der Waals surface area contributed by atoms with E-state index in [0.717, 1.165) is 36.2 Å². The average molecular weight is 836 g/mol. The van der Waals surface area contributed by atoms with Crippen LogP contribution in [-0.2, 0) is 30.6 Å². The van der Waals surface area contributed by atoms with Gasteiger partial charge >= 0.3 is 6.18 Å². The molecule has 0 bridgehead atoms. The Kier molecular flexibility index (Phi) is 12.3. The van der Waals surface area contributed by atoms with Crippen molar-refractivity contribution in [2.45, 2.75) is 80.5 Å². The molecule has 1 aliphatic heterocycles. The first-order valence-electron chi connectivity index (χ1n) is 18.5. The zero-order chi connectivity index (χ0) is 41.3. The highest BCUT2D eigenvalue weighted by molar-refractivity contribution is 7.91. The van der Waals surface area contributed by atoms with Gasteiger partial charge in [0.05, 0.1) is 24.4 Å². The minimum absolute atomic E-state index is 0.0179. The summed E-state index contributed by atoms with van der Waals surface area (Å²) in [7, 11) is -0.764. The lowest BCUT2D eigenvalue weighted by Crippen LogP contribution is -2.54. The van der Waals surface area contributed by atoms with Crippen LogP contribution in [0.1, 0.15) is 57.1 Å². The van der Waals surface area contributed by atoms with Crippen LogP contribution in [0.5, 0.6) is 11.5 Å². The van der Waals surface area contributed by atoms with Crippen LogP contribution in [0.2, 0.25) is 5.02 Å². The second kappa shape index (κ2) is 16.7. The average Bonchev–Trinajstić information content (AvgIpc) is 4.05. The summed E-state index contributed by atoms with van der Waals surface area (Å²) in [4.78, 5) is 48.4. The van der Waals surface area contributed by atoms with Gasteiger partial charge in [0.2, 0.25) is 21.8 Å². The van der Waals surface area contributed by atoms with Gasteiger partial charge in [-0.2, -0.15) is 18.3 Å². The Morgan fingerprint density at radius 3 is 2.54 bits per heavy atom. The van der Waals surface area contributed by atoms with Gasteiger partial charge < -0.3 is 19.7 Å². The number of sulfonamides is 1. The maximum Gasteiger partial charge on any atom is 0.435 e. The fraction of sp³-hybridized carbons (Fsp3) is 0.500. The van der Waals surface area contributed by atoms with E-state index in [1.54, 1.807) is 29.0 Å². The molecule has 2 aliphatic carbocycles. The van der Waals surface area contributed by atoms with Crippen LogP contribution in [-0.4, -0.2) is 107 Å². The molecule has 0 radical (unpaired) electrons. The summed E-state index contributed by atoms with van der Waals surface area (Å²) in [5, 5.41) is 6.30. The molecule has 3 heterocycles. The van der Waals surface area contributed by atoms with Gasteiger partial charge in [-0.25, -0.2) is 18.1 Å². The first-order chi connectivity index (χ1) is 27.0. The van der Waals surface area contributed by atoms with Crippen molar-refractivity contribution in [3.63, 3.8) is 0 Å². The molecule has 3 aromatic rings. The number of fused-ring (bicyclic) bond motifs is 1. The number of allylic oxidation sites excluding steroid dienone is 1. The number of aromatic nitrogens is 3. The van der Waals surface area contributed by atoms with Crippen molar-refractivity contribution >= 4 is 50.2 Å². The Balaban J connectivity index is 1.26. The highest BCUT2D eigenvalue weighted by atomic mass is 35.5. The maximum atomic E-state index is 13.7. The van der Waals surface area contributed by atoms with E-state index in [2.05, 4.69) is 33.3 Å². The highest BCUT2D eigenvalue weighted by Gasteiger charge is 2.61. The molecule has 6 rings (SSSR count). The zero-order valence-corrected chi connectivity index (χ0v) is 33.1. The van der Waals surface area contributed by atoms with Gasteiger partial charge in [0.1, 0.15) is 28.2 Å². The molecule has 0 spiro atoms. The third kappa shape index (κ3) is 9.39. The summed E-state index contributed by atoms with van der Waals surface area (Å²) in [6, 6.07) is 5.00. The standard InChI is InChI=1S/C38H45ClF3N7O7S/c1-5-7-8-9-15-47(3)33(51)18-24-17-25(21-48(24)22-32(50)44-37(20-23(37)6-2)36(52)46-57(53,54)26-10-11-26)56-29-19-31(49-16-14-30(45-49)38(40,41)42)43-35-27(29)12-13-28(55-4)34(35)39/h5-6,12-14,16,19,23-26H,1-2,7-11,15,17-18,20-22H2,3-4H3,(H,44,50)(H,46,52)/t23-,24+,25+,37-/m1/s1. The number of halogens is 4. The smallest absolute Gasteiger partial charge is 0.435 e. The second-order valence-corrected chi connectivity index (χ2v) is 17.0. The lowest BCUT2D eigenvalue weighted by molar-refractivity contribution is -0.141. The number of amides is 3. The Morgan fingerprint density at radius 2 is 1.91 bits per heavy atom. The number of methoxy groups -OCH3 is 1. The van der Waals surface area contributed by atoms with Crippen molar-refractivity contribution in [2.24, 2.45) is 5.92 Å². The second-order valence-electron chi connectivity index (χ2n) is 14.7. The molecule has 3 fully saturated rings. The summed E-state index contributed by atoms with van der Waals surface area (Å²) in [5.74, 6) is -1.57. The number of alkyl halides is 3. The van der Waals surface area contributed by atoms with E-state index >= 15 is 0 Å². The summed E-state index contributed by atoms with van der Waals surface area (Å²) < 4.78 is 80.6. The van der Waals surface area contributed by atoms with Crippen molar-refractivity contribution in [3.8, 4) is 17.3 Å². The lowest BCUT2D eigenvalue weighted by Gasteiger charge is -2.26. The number of pyridine rings is 1. The highest BCUT2D eigenvalue weighted by Crippen LogP contribution is 2.45. The van der Waals surface area contributed by atoms with Gasteiger partial charge in [-0.1, -0.05) is 23.8 Å². The van der Waals surface area contributed by atoms with Crippen LogP contribution < -0.4 is 19.5 Å². The van der Waals surface area contributed by atoms with Gasteiger partial charge in [0.25, 0.3) is 5.91 Å². The molecule has 2 N–H and O–H groups in total. The number of likely N-dealkylation sites (tertiary alicyclic amines) is 1. The Bertz CT molecular complexity index is 2160. The first-order valence-corrected chi connectivity index (χ1v) is 20.5. The molecule has 3 amide bonds. The van der Waals surface area contributed by atoms with Crippen molar-refractivity contribution < 1.29 is 45.4 Å². The van der Waals surface area contributed by atoms with E-state index in [9.17, 15) is 36.0 Å². The minimum atomic E-state index is -4.70. The molecule has 0 unspecified atom stereocenters. The van der Waals surface area contributed by atoms with Crippen molar-refractivity contribution in [1.29, 1.82) is 0 Å². The number of carbonyl (C=O) groups is 3. The molecule has 19 heteroatoms. The number of hydrogen-bond acceptors (Lipinski definition) is 10. The van der Waals surface area contributed by atoms with E-state index in [0.29, 0.717) is 24.8 Å². The maximum absolute atomic E-state index is 13.7. The molecule has 2 saturated carbocycles. The predicted molar refractivity (Wildman–Crippen MR) is 205 cm³/mol. The normalized spacial score (nSPS) is 22.2. The van der Waals surface area contributed by atoms with Crippen LogP contribution >= 0.6 is 11.6 Å². The topological polar surface area (TPSA) is 165 Å². The van der Waals surface area contributed by atoms with Crippen molar-refractivity contribution in [3.05, 3.63) is 66.5 Å². The molecule has 1 saturated heterocycles. The van der Waals surface area contributed by atoms with Crippen LogP contribution in [0.15, 0.2) is 55.8 Å². The van der Waals surface area contributed by atoms with Crippen LogP contribution in [0.25, 0.3) is 16.7 Å². The molecule has 57 heavy (non-hydrogen) atoms. The van der Waals surface area contributed by atoms with Gasteiger partial charge in [-0.3, -0.25) is 24.0 Å². The number of benzene rings is 1. The van der Waals surface area contributed by atoms with Crippen molar-refractivity contribution in [1.82, 2.24) is 34.6 Å².